The number of hydrogen-bond acceptors (Lipinski definition) is 4. The number of benzene rings is 1. The van der Waals surface area contributed by atoms with Crippen molar-refractivity contribution in [3.8, 4) is 0 Å². The molecule has 0 saturated carbocycles. The maximum Gasteiger partial charge on any atom is 0.283 e. The lowest BCUT2D eigenvalue weighted by atomic mass is 10.2. The zero-order valence-electron chi connectivity index (χ0n) is 6.86. The van der Waals surface area contributed by atoms with Gasteiger partial charge in [-0.1, -0.05) is 0 Å². The van der Waals surface area contributed by atoms with Crippen LogP contribution in [0.25, 0.3) is 10.1 Å². The van der Waals surface area contributed by atoms with Crippen molar-refractivity contribution in [2.45, 2.75) is 0 Å². The third-order valence-electron chi connectivity index (χ3n) is 1.80. The summed E-state index contributed by atoms with van der Waals surface area (Å²) in [4.78, 5) is 10.3. The largest absolute Gasteiger partial charge is 0.391 e. The summed E-state index contributed by atoms with van der Waals surface area (Å²) < 4.78 is 1.62. The SMILES string of the molecule is Nc1cc2cc([N+](=O)[O-])c(I)cc2s1. The minimum absolute atomic E-state index is 0.135. The van der Waals surface area contributed by atoms with Crippen LogP contribution in [0.15, 0.2) is 18.2 Å². The van der Waals surface area contributed by atoms with Gasteiger partial charge in [0.15, 0.2) is 0 Å². The Labute approximate surface area is 97.0 Å². The first-order valence-corrected chi connectivity index (χ1v) is 5.60. The summed E-state index contributed by atoms with van der Waals surface area (Å²) in [6, 6.07) is 5.10. The monoisotopic (exact) mass is 320 g/mol. The van der Waals surface area contributed by atoms with Gasteiger partial charge in [0.2, 0.25) is 0 Å². The van der Waals surface area contributed by atoms with Crippen molar-refractivity contribution in [3.05, 3.63) is 31.9 Å². The number of hydrogen-bond donors (Lipinski definition) is 1. The standard InChI is InChI=1S/C8H5IN2O2S/c9-5-3-7-4(2-8(10)14-7)1-6(5)11(12)13/h1-3H,10H2. The first-order chi connectivity index (χ1) is 6.58. The van der Waals surface area contributed by atoms with Crippen molar-refractivity contribution in [3.63, 3.8) is 0 Å². The van der Waals surface area contributed by atoms with E-state index in [-0.39, 0.29) is 10.6 Å². The van der Waals surface area contributed by atoms with E-state index in [4.69, 9.17) is 5.73 Å². The fourth-order valence-corrected chi connectivity index (χ4v) is 2.94. The number of thiophene rings is 1. The maximum atomic E-state index is 10.6. The van der Waals surface area contributed by atoms with Gasteiger partial charge in [-0.15, -0.1) is 11.3 Å². The summed E-state index contributed by atoms with van der Waals surface area (Å²) in [7, 11) is 0. The van der Waals surface area contributed by atoms with Crippen LogP contribution >= 0.6 is 33.9 Å². The number of fused-ring (bicyclic) bond motifs is 1. The van der Waals surface area contributed by atoms with E-state index in [1.165, 1.54) is 11.3 Å². The highest BCUT2D eigenvalue weighted by Crippen LogP contribution is 2.33. The van der Waals surface area contributed by atoms with E-state index in [0.717, 1.165) is 10.1 Å². The molecule has 1 aromatic carbocycles. The molecule has 2 N–H and O–H groups in total. The fraction of sp³-hybridized carbons (Fsp3) is 0. The molecule has 14 heavy (non-hydrogen) atoms. The number of anilines is 1. The molecular weight excluding hydrogens is 315 g/mol. The van der Waals surface area contributed by atoms with E-state index in [2.05, 4.69) is 0 Å². The second-order valence-corrected chi connectivity index (χ2v) is 5.02. The van der Waals surface area contributed by atoms with Gasteiger partial charge in [0.25, 0.3) is 5.69 Å². The Morgan fingerprint density at radius 1 is 1.43 bits per heavy atom. The Morgan fingerprint density at radius 2 is 2.14 bits per heavy atom. The van der Waals surface area contributed by atoms with Gasteiger partial charge in [0.1, 0.15) is 0 Å². The van der Waals surface area contributed by atoms with Gasteiger partial charge in [-0.25, -0.2) is 0 Å². The molecule has 2 rings (SSSR count). The maximum absolute atomic E-state index is 10.6. The molecule has 1 aromatic heterocycles. The van der Waals surface area contributed by atoms with Gasteiger partial charge < -0.3 is 5.73 Å². The second kappa shape index (κ2) is 3.35. The van der Waals surface area contributed by atoms with Crippen LogP contribution in [0.2, 0.25) is 0 Å². The Balaban J connectivity index is 2.76. The molecule has 0 radical (unpaired) electrons. The number of rotatable bonds is 1. The number of nitro groups is 1. The lowest BCUT2D eigenvalue weighted by Gasteiger charge is -1.94. The van der Waals surface area contributed by atoms with E-state index in [1.807, 2.05) is 22.6 Å². The first kappa shape index (κ1) is 9.66. The van der Waals surface area contributed by atoms with Gasteiger partial charge in [-0.05, 0) is 34.7 Å². The highest BCUT2D eigenvalue weighted by molar-refractivity contribution is 14.1. The Morgan fingerprint density at radius 3 is 2.79 bits per heavy atom. The van der Waals surface area contributed by atoms with Crippen LogP contribution in [0.1, 0.15) is 0 Å². The molecule has 0 fully saturated rings. The van der Waals surface area contributed by atoms with Crippen LogP contribution in [-0.2, 0) is 0 Å². The van der Waals surface area contributed by atoms with Gasteiger partial charge >= 0.3 is 0 Å². The molecule has 0 aliphatic rings. The molecule has 0 bridgehead atoms. The lowest BCUT2D eigenvalue weighted by molar-refractivity contribution is -0.385. The van der Waals surface area contributed by atoms with Crippen molar-refractivity contribution in [2.24, 2.45) is 0 Å². The topological polar surface area (TPSA) is 69.2 Å². The number of nitrogen functional groups attached to an aromatic ring is 1. The summed E-state index contributed by atoms with van der Waals surface area (Å²) in [5.74, 6) is 0. The van der Waals surface area contributed by atoms with E-state index < -0.39 is 0 Å². The molecule has 4 nitrogen and oxygen atoms in total. The number of nitrogens with zero attached hydrogens (tertiary/aromatic N) is 1. The predicted octanol–water partition coefficient (Wildman–Crippen LogP) is 3.00. The molecule has 0 saturated heterocycles. The molecule has 0 atom stereocenters. The minimum atomic E-state index is -0.380. The van der Waals surface area contributed by atoms with Gasteiger partial charge in [0.05, 0.1) is 13.5 Å². The van der Waals surface area contributed by atoms with Crippen molar-refractivity contribution < 1.29 is 4.92 Å². The molecule has 0 spiro atoms. The molecule has 0 aliphatic carbocycles. The molecule has 0 amide bonds. The van der Waals surface area contributed by atoms with E-state index in [9.17, 15) is 10.1 Å². The summed E-state index contributed by atoms with van der Waals surface area (Å²) >= 11 is 3.39. The minimum Gasteiger partial charge on any atom is -0.391 e. The van der Waals surface area contributed by atoms with Crippen molar-refractivity contribution in [1.82, 2.24) is 0 Å². The molecule has 0 unspecified atom stereocenters. The van der Waals surface area contributed by atoms with Crippen molar-refractivity contribution in [1.29, 1.82) is 0 Å². The van der Waals surface area contributed by atoms with Crippen LogP contribution in [0, 0.1) is 13.7 Å². The summed E-state index contributed by atoms with van der Waals surface area (Å²) in [5, 5.41) is 12.2. The third kappa shape index (κ3) is 1.55. The number of nitro benzene ring substituents is 1. The van der Waals surface area contributed by atoms with Gasteiger partial charge in [-0.3, -0.25) is 10.1 Å². The average Bonchev–Trinajstić information content (AvgIpc) is 2.42. The number of halogens is 1. The Kier molecular flexibility index (Phi) is 2.31. The van der Waals surface area contributed by atoms with Gasteiger partial charge in [0, 0.05) is 16.2 Å². The smallest absolute Gasteiger partial charge is 0.283 e. The van der Waals surface area contributed by atoms with Crippen LogP contribution < -0.4 is 5.73 Å². The predicted molar refractivity (Wildman–Crippen MR) is 65.6 cm³/mol. The van der Waals surface area contributed by atoms with Crippen LogP contribution in [-0.4, -0.2) is 4.92 Å². The van der Waals surface area contributed by atoms with E-state index in [0.29, 0.717) is 8.57 Å². The summed E-state index contributed by atoms with van der Waals surface area (Å²) in [5.41, 5.74) is 5.75. The zero-order chi connectivity index (χ0) is 10.3. The normalized spacial score (nSPS) is 10.6. The highest BCUT2D eigenvalue weighted by Gasteiger charge is 2.13. The van der Waals surface area contributed by atoms with Crippen LogP contribution in [0.5, 0.6) is 0 Å². The molecule has 2 aromatic rings. The average molecular weight is 320 g/mol. The highest BCUT2D eigenvalue weighted by atomic mass is 127. The lowest BCUT2D eigenvalue weighted by Crippen LogP contribution is -1.90. The Bertz CT molecular complexity index is 523. The van der Waals surface area contributed by atoms with E-state index in [1.54, 1.807) is 18.2 Å². The first-order valence-electron chi connectivity index (χ1n) is 3.71. The Hall–Kier alpha value is -0.890. The quantitative estimate of drug-likeness (QED) is 0.499. The van der Waals surface area contributed by atoms with Crippen LogP contribution in [0.4, 0.5) is 10.7 Å². The molecule has 6 heteroatoms. The molecule has 72 valence electrons. The summed E-state index contributed by atoms with van der Waals surface area (Å²) in [6.45, 7) is 0. The zero-order valence-corrected chi connectivity index (χ0v) is 9.83. The number of nitrogens with two attached hydrogens (primary N) is 1. The summed E-state index contributed by atoms with van der Waals surface area (Å²) in [6.07, 6.45) is 0. The molecular formula is C8H5IN2O2S. The van der Waals surface area contributed by atoms with Gasteiger partial charge in [-0.2, -0.15) is 0 Å². The second-order valence-electron chi connectivity index (χ2n) is 2.75. The molecule has 1 heterocycles. The van der Waals surface area contributed by atoms with E-state index >= 15 is 0 Å². The third-order valence-corrected chi connectivity index (χ3v) is 3.59. The van der Waals surface area contributed by atoms with Crippen LogP contribution in [0.3, 0.4) is 0 Å². The fourth-order valence-electron chi connectivity index (χ4n) is 1.21. The molecule has 0 aliphatic heterocycles. The van der Waals surface area contributed by atoms with Crippen molar-refractivity contribution in [2.75, 3.05) is 5.73 Å². The van der Waals surface area contributed by atoms with Crippen molar-refractivity contribution >= 4 is 54.7 Å².